The van der Waals surface area contributed by atoms with Gasteiger partial charge < -0.3 is 15.8 Å². The van der Waals surface area contributed by atoms with Gasteiger partial charge in [0.2, 0.25) is 5.56 Å². The molecule has 5 heteroatoms. The third-order valence-electron chi connectivity index (χ3n) is 1.82. The zero-order valence-corrected chi connectivity index (χ0v) is 7.07. The number of hydrogen-bond donors (Lipinski definition) is 3. The highest BCUT2D eigenvalue weighted by Crippen LogP contribution is 2.14. The molecule has 0 saturated heterocycles. The Morgan fingerprint density at radius 2 is 2.31 bits per heavy atom. The van der Waals surface area contributed by atoms with E-state index in [-0.39, 0.29) is 11.1 Å². The fraction of sp³-hybridized carbons (Fsp3) is 0.250. The largest absolute Gasteiger partial charge is 0.480 e. The van der Waals surface area contributed by atoms with Crippen molar-refractivity contribution in [3.05, 3.63) is 34.2 Å². The Kier molecular flexibility index (Phi) is 2.20. The summed E-state index contributed by atoms with van der Waals surface area (Å²) in [5.74, 6) is -1.17. The number of carbonyl (C=O) groups is 1. The smallest absolute Gasteiger partial charge is 0.328 e. The van der Waals surface area contributed by atoms with Gasteiger partial charge in [-0.1, -0.05) is 0 Å². The molecule has 1 aromatic rings. The van der Waals surface area contributed by atoms with Gasteiger partial charge in [-0.05, 0) is 18.6 Å². The van der Waals surface area contributed by atoms with E-state index in [9.17, 15) is 9.59 Å². The minimum absolute atomic E-state index is 0.281. The zero-order chi connectivity index (χ0) is 10.1. The first-order chi connectivity index (χ1) is 5.94. The van der Waals surface area contributed by atoms with Crippen LogP contribution < -0.4 is 11.3 Å². The molecule has 0 bridgehead atoms. The molecule has 0 spiro atoms. The highest BCUT2D eigenvalue weighted by atomic mass is 16.4. The van der Waals surface area contributed by atoms with Crippen molar-refractivity contribution in [2.75, 3.05) is 0 Å². The van der Waals surface area contributed by atoms with Gasteiger partial charge in [0.1, 0.15) is 5.54 Å². The normalized spacial score (nSPS) is 14.9. The summed E-state index contributed by atoms with van der Waals surface area (Å²) >= 11 is 0. The van der Waals surface area contributed by atoms with Gasteiger partial charge in [-0.15, -0.1) is 0 Å². The molecule has 1 heterocycles. The summed E-state index contributed by atoms with van der Waals surface area (Å²) in [6.07, 6.45) is 1.37. The summed E-state index contributed by atoms with van der Waals surface area (Å²) in [5.41, 5.74) is 3.89. The second-order valence-corrected chi connectivity index (χ2v) is 2.95. The van der Waals surface area contributed by atoms with Crippen molar-refractivity contribution < 1.29 is 9.90 Å². The summed E-state index contributed by atoms with van der Waals surface area (Å²) in [4.78, 5) is 23.9. The number of rotatable bonds is 2. The summed E-state index contributed by atoms with van der Waals surface area (Å²) in [6.45, 7) is 1.34. The molecule has 4 N–H and O–H groups in total. The van der Waals surface area contributed by atoms with E-state index in [4.69, 9.17) is 10.8 Å². The van der Waals surface area contributed by atoms with Crippen molar-refractivity contribution in [2.45, 2.75) is 12.5 Å². The number of aromatic nitrogens is 1. The molecule has 0 fully saturated rings. The summed E-state index contributed by atoms with van der Waals surface area (Å²) in [7, 11) is 0. The molecule has 5 nitrogen and oxygen atoms in total. The molecule has 0 amide bonds. The standard InChI is InChI=1S/C8H10N2O3/c1-8(9,7(12)13)5-2-3-10-6(11)4-5/h2-4H,9H2,1H3,(H,10,11)(H,12,13). The van der Waals surface area contributed by atoms with Gasteiger partial charge in [0.15, 0.2) is 0 Å². The monoisotopic (exact) mass is 182 g/mol. The maximum atomic E-state index is 10.9. The maximum Gasteiger partial charge on any atom is 0.328 e. The lowest BCUT2D eigenvalue weighted by molar-refractivity contribution is -0.143. The zero-order valence-electron chi connectivity index (χ0n) is 7.07. The number of hydrogen-bond acceptors (Lipinski definition) is 3. The molecule has 1 aromatic heterocycles. The molecule has 0 saturated carbocycles. The van der Waals surface area contributed by atoms with Crippen LogP contribution in [0.25, 0.3) is 0 Å². The molecule has 70 valence electrons. The molecule has 1 atom stereocenters. The number of nitrogens with two attached hydrogens (primary N) is 1. The van der Waals surface area contributed by atoms with Crippen molar-refractivity contribution in [1.29, 1.82) is 0 Å². The molecule has 0 aliphatic carbocycles. The van der Waals surface area contributed by atoms with E-state index in [2.05, 4.69) is 4.98 Å². The van der Waals surface area contributed by atoms with Gasteiger partial charge in [0.05, 0.1) is 0 Å². The Hall–Kier alpha value is -1.62. The number of H-pyrrole nitrogens is 1. The molecule has 0 aromatic carbocycles. The van der Waals surface area contributed by atoms with Crippen LogP contribution in [0.2, 0.25) is 0 Å². The van der Waals surface area contributed by atoms with E-state index < -0.39 is 11.5 Å². The summed E-state index contributed by atoms with van der Waals surface area (Å²) in [5, 5.41) is 8.75. The molecular weight excluding hydrogens is 172 g/mol. The first-order valence-corrected chi connectivity index (χ1v) is 3.66. The van der Waals surface area contributed by atoms with Gasteiger partial charge in [-0.3, -0.25) is 4.79 Å². The number of carboxylic acid groups (broad SMARTS) is 1. The fourth-order valence-electron chi connectivity index (χ4n) is 0.891. The van der Waals surface area contributed by atoms with Crippen LogP contribution in [0.1, 0.15) is 12.5 Å². The number of aromatic amines is 1. The van der Waals surface area contributed by atoms with Gasteiger partial charge in [-0.25, -0.2) is 4.79 Å². The van der Waals surface area contributed by atoms with Crippen LogP contribution >= 0.6 is 0 Å². The van der Waals surface area contributed by atoms with Gasteiger partial charge in [0.25, 0.3) is 0 Å². The van der Waals surface area contributed by atoms with Crippen LogP contribution in [0.5, 0.6) is 0 Å². The highest BCUT2D eigenvalue weighted by Gasteiger charge is 2.30. The maximum absolute atomic E-state index is 10.9. The van der Waals surface area contributed by atoms with Crippen LogP contribution in [0, 0.1) is 0 Å². The predicted molar refractivity (Wildman–Crippen MR) is 46.2 cm³/mol. The second-order valence-electron chi connectivity index (χ2n) is 2.95. The third-order valence-corrected chi connectivity index (χ3v) is 1.82. The molecule has 13 heavy (non-hydrogen) atoms. The molecule has 0 aliphatic rings. The number of pyridine rings is 1. The Labute approximate surface area is 74.2 Å². The minimum atomic E-state index is -1.52. The molecule has 0 aliphatic heterocycles. The third kappa shape index (κ3) is 1.75. The van der Waals surface area contributed by atoms with E-state index in [0.29, 0.717) is 0 Å². The predicted octanol–water partition coefficient (Wildman–Crippen LogP) is -0.367. The first-order valence-electron chi connectivity index (χ1n) is 3.66. The summed E-state index contributed by atoms with van der Waals surface area (Å²) in [6, 6.07) is 2.64. The quantitative estimate of drug-likeness (QED) is 0.581. The topological polar surface area (TPSA) is 96.2 Å². The van der Waals surface area contributed by atoms with E-state index in [1.54, 1.807) is 0 Å². The average Bonchev–Trinajstić information content (AvgIpc) is 2.04. The van der Waals surface area contributed by atoms with Gasteiger partial charge in [-0.2, -0.15) is 0 Å². The van der Waals surface area contributed by atoms with Crippen LogP contribution in [0.4, 0.5) is 0 Å². The van der Waals surface area contributed by atoms with E-state index in [0.717, 1.165) is 0 Å². The van der Waals surface area contributed by atoms with Crippen molar-refractivity contribution in [3.8, 4) is 0 Å². The second kappa shape index (κ2) is 3.02. The Bertz CT molecular complexity index is 381. The molecule has 0 radical (unpaired) electrons. The van der Waals surface area contributed by atoms with Crippen molar-refractivity contribution in [3.63, 3.8) is 0 Å². The lowest BCUT2D eigenvalue weighted by Crippen LogP contribution is -2.42. The Morgan fingerprint density at radius 1 is 1.69 bits per heavy atom. The molecule has 1 unspecified atom stereocenters. The lowest BCUT2D eigenvalue weighted by atomic mass is 9.95. The van der Waals surface area contributed by atoms with Gasteiger partial charge >= 0.3 is 5.97 Å². The number of aliphatic carboxylic acids is 1. The van der Waals surface area contributed by atoms with E-state index in [1.807, 2.05) is 0 Å². The minimum Gasteiger partial charge on any atom is -0.480 e. The van der Waals surface area contributed by atoms with Crippen LogP contribution in [-0.2, 0) is 10.3 Å². The number of carboxylic acids is 1. The number of nitrogens with one attached hydrogen (secondary N) is 1. The van der Waals surface area contributed by atoms with Crippen molar-refractivity contribution >= 4 is 5.97 Å². The Balaban J connectivity index is 3.22. The van der Waals surface area contributed by atoms with Crippen molar-refractivity contribution in [2.24, 2.45) is 5.73 Å². The molecule has 1 rings (SSSR count). The van der Waals surface area contributed by atoms with Crippen LogP contribution in [0.3, 0.4) is 0 Å². The Morgan fingerprint density at radius 3 is 2.77 bits per heavy atom. The SMILES string of the molecule is CC(N)(C(=O)O)c1cc[nH]c(=O)c1. The molecular formula is C8H10N2O3. The van der Waals surface area contributed by atoms with Crippen LogP contribution in [-0.4, -0.2) is 16.1 Å². The first kappa shape index (κ1) is 9.47. The van der Waals surface area contributed by atoms with Crippen LogP contribution in [0.15, 0.2) is 23.1 Å². The van der Waals surface area contributed by atoms with E-state index in [1.165, 1.54) is 25.3 Å². The average molecular weight is 182 g/mol. The lowest BCUT2D eigenvalue weighted by Gasteiger charge is -2.18. The highest BCUT2D eigenvalue weighted by molar-refractivity contribution is 5.79. The summed E-state index contributed by atoms with van der Waals surface area (Å²) < 4.78 is 0. The van der Waals surface area contributed by atoms with Gasteiger partial charge in [0, 0.05) is 12.3 Å². The fourth-order valence-corrected chi connectivity index (χ4v) is 0.891. The van der Waals surface area contributed by atoms with Crippen molar-refractivity contribution in [1.82, 2.24) is 4.98 Å². The van der Waals surface area contributed by atoms with E-state index >= 15 is 0 Å².